The molecule has 23 heavy (non-hydrogen) atoms. The molecule has 0 aliphatic heterocycles. The van der Waals surface area contributed by atoms with E-state index in [9.17, 15) is 9.18 Å². The quantitative estimate of drug-likeness (QED) is 0.704. The molecule has 0 aromatic heterocycles. The third-order valence-corrected chi connectivity index (χ3v) is 3.19. The van der Waals surface area contributed by atoms with Crippen molar-refractivity contribution in [3.8, 4) is 16.9 Å². The van der Waals surface area contributed by atoms with Gasteiger partial charge in [0.2, 0.25) is 0 Å². The van der Waals surface area contributed by atoms with E-state index < -0.39 is 5.97 Å². The van der Waals surface area contributed by atoms with Crippen molar-refractivity contribution < 1.29 is 18.7 Å². The minimum atomic E-state index is -0.511. The van der Waals surface area contributed by atoms with Crippen LogP contribution in [0.1, 0.15) is 31.1 Å². The number of ether oxygens (including phenoxy) is 2. The van der Waals surface area contributed by atoms with Gasteiger partial charge < -0.3 is 9.47 Å². The van der Waals surface area contributed by atoms with Gasteiger partial charge in [-0.1, -0.05) is 37.6 Å². The number of halogens is 2. The number of rotatable bonds is 4. The van der Waals surface area contributed by atoms with Gasteiger partial charge in [0.1, 0.15) is 11.6 Å². The van der Waals surface area contributed by atoms with Crippen LogP contribution in [0.5, 0.6) is 5.75 Å². The average Bonchev–Trinajstić information content (AvgIpc) is 2.56. The Morgan fingerprint density at radius 2 is 1.91 bits per heavy atom. The zero-order chi connectivity index (χ0) is 17.4. The smallest absolute Gasteiger partial charge is 0.338 e. The van der Waals surface area contributed by atoms with Crippen molar-refractivity contribution >= 4 is 17.6 Å². The summed E-state index contributed by atoms with van der Waals surface area (Å²) in [5.74, 6) is -0.470. The maximum Gasteiger partial charge on any atom is 0.338 e. The van der Waals surface area contributed by atoms with Crippen LogP contribution in [-0.4, -0.2) is 19.7 Å². The molecule has 2 aromatic carbocycles. The Kier molecular flexibility index (Phi) is 7.55. The van der Waals surface area contributed by atoms with Gasteiger partial charge >= 0.3 is 5.97 Å². The Hall–Kier alpha value is -2.07. The number of carbonyl (C=O) groups excluding carboxylic acids is 1. The Morgan fingerprint density at radius 3 is 2.48 bits per heavy atom. The minimum absolute atomic E-state index is 0.283. The Balaban J connectivity index is 0.00000127. The molecule has 0 spiro atoms. The molecule has 0 atom stereocenters. The third kappa shape index (κ3) is 4.70. The van der Waals surface area contributed by atoms with Crippen LogP contribution in [0.15, 0.2) is 36.4 Å². The van der Waals surface area contributed by atoms with E-state index in [-0.39, 0.29) is 11.4 Å². The maximum atomic E-state index is 13.4. The first-order valence-electron chi connectivity index (χ1n) is 7.37. The van der Waals surface area contributed by atoms with Gasteiger partial charge in [0.05, 0.1) is 24.3 Å². The van der Waals surface area contributed by atoms with Crippen LogP contribution in [0.3, 0.4) is 0 Å². The lowest BCUT2D eigenvalue weighted by atomic mass is 10.0. The first-order valence-corrected chi connectivity index (χ1v) is 7.75. The highest BCUT2D eigenvalue weighted by Crippen LogP contribution is 2.38. The second-order valence-corrected chi connectivity index (χ2v) is 4.67. The fourth-order valence-electron chi connectivity index (χ4n) is 2.01. The molecule has 0 radical (unpaired) electrons. The van der Waals surface area contributed by atoms with Crippen molar-refractivity contribution in [1.82, 2.24) is 0 Å². The molecule has 2 aromatic rings. The van der Waals surface area contributed by atoms with Crippen molar-refractivity contribution in [1.29, 1.82) is 0 Å². The van der Waals surface area contributed by atoms with E-state index in [2.05, 4.69) is 4.74 Å². The normalized spacial score (nSPS) is 9.65. The summed E-state index contributed by atoms with van der Waals surface area (Å²) < 4.78 is 23.6. The van der Waals surface area contributed by atoms with Gasteiger partial charge in [-0.25, -0.2) is 9.18 Å². The topological polar surface area (TPSA) is 35.5 Å². The van der Waals surface area contributed by atoms with Gasteiger partial charge in [0, 0.05) is 5.56 Å². The fraction of sp³-hybridized carbons (Fsp3) is 0.278. The number of hydrogen-bond acceptors (Lipinski definition) is 3. The third-order valence-electron chi connectivity index (χ3n) is 2.89. The van der Waals surface area contributed by atoms with E-state index in [0.29, 0.717) is 28.5 Å². The molecular formula is C18H20ClFO3. The number of methoxy groups -OCH3 is 1. The lowest BCUT2D eigenvalue weighted by Gasteiger charge is -2.14. The highest BCUT2D eigenvalue weighted by Gasteiger charge is 2.17. The first kappa shape index (κ1) is 19.0. The van der Waals surface area contributed by atoms with E-state index in [0.717, 1.165) is 0 Å². The summed E-state index contributed by atoms with van der Waals surface area (Å²) in [5.41, 5.74) is 1.41. The molecular weight excluding hydrogens is 319 g/mol. The highest BCUT2D eigenvalue weighted by molar-refractivity contribution is 6.34. The second-order valence-electron chi connectivity index (χ2n) is 4.27. The lowest BCUT2D eigenvalue weighted by molar-refractivity contribution is 0.0600. The molecule has 124 valence electrons. The molecule has 0 heterocycles. The van der Waals surface area contributed by atoms with E-state index in [1.165, 1.54) is 25.3 Å². The summed E-state index contributed by atoms with van der Waals surface area (Å²) in [6.07, 6.45) is 0. The zero-order valence-electron chi connectivity index (χ0n) is 13.7. The molecule has 0 aliphatic carbocycles. The molecule has 0 saturated heterocycles. The van der Waals surface area contributed by atoms with Gasteiger partial charge in [0.15, 0.2) is 0 Å². The summed E-state index contributed by atoms with van der Waals surface area (Å²) in [4.78, 5) is 11.6. The molecule has 0 bridgehead atoms. The summed E-state index contributed by atoms with van der Waals surface area (Å²) in [6.45, 7) is 6.21. The van der Waals surface area contributed by atoms with Gasteiger partial charge in [-0.15, -0.1) is 0 Å². The molecule has 0 amide bonds. The molecule has 0 fully saturated rings. The number of esters is 1. The Morgan fingerprint density at radius 1 is 1.22 bits per heavy atom. The number of hydrogen-bond donors (Lipinski definition) is 0. The summed E-state index contributed by atoms with van der Waals surface area (Å²) in [6, 6.07) is 9.05. The highest BCUT2D eigenvalue weighted by atomic mass is 35.5. The molecule has 2 rings (SSSR count). The maximum absolute atomic E-state index is 13.4. The fourth-order valence-corrected chi connectivity index (χ4v) is 2.33. The molecule has 3 nitrogen and oxygen atoms in total. The van der Waals surface area contributed by atoms with E-state index in [1.807, 2.05) is 20.8 Å². The average molecular weight is 339 g/mol. The monoisotopic (exact) mass is 338 g/mol. The van der Waals surface area contributed by atoms with Crippen molar-refractivity contribution in [3.63, 3.8) is 0 Å². The van der Waals surface area contributed by atoms with Crippen LogP contribution < -0.4 is 4.74 Å². The van der Waals surface area contributed by atoms with Gasteiger partial charge in [-0.05, 0) is 36.8 Å². The molecule has 0 N–H and O–H groups in total. The largest absolute Gasteiger partial charge is 0.493 e. The van der Waals surface area contributed by atoms with Gasteiger partial charge in [-0.3, -0.25) is 0 Å². The first-order chi connectivity index (χ1) is 11.1. The molecule has 5 heteroatoms. The summed E-state index contributed by atoms with van der Waals surface area (Å²) >= 11 is 6.25. The van der Waals surface area contributed by atoms with Crippen LogP contribution in [-0.2, 0) is 4.74 Å². The minimum Gasteiger partial charge on any atom is -0.493 e. The predicted octanol–water partition coefficient (Wildman–Crippen LogP) is 5.36. The van der Waals surface area contributed by atoms with E-state index in [4.69, 9.17) is 16.3 Å². The van der Waals surface area contributed by atoms with Crippen molar-refractivity contribution in [2.45, 2.75) is 20.8 Å². The molecule has 0 aliphatic rings. The van der Waals surface area contributed by atoms with Gasteiger partial charge in [0.25, 0.3) is 0 Å². The Labute approximate surface area is 141 Å². The Bertz CT molecular complexity index is 671. The molecule has 0 unspecified atom stereocenters. The van der Waals surface area contributed by atoms with Crippen LogP contribution in [0, 0.1) is 5.82 Å². The molecule has 0 saturated carbocycles. The summed E-state index contributed by atoms with van der Waals surface area (Å²) in [7, 11) is 1.29. The predicted molar refractivity (Wildman–Crippen MR) is 90.7 cm³/mol. The standard InChI is InChI=1S/C16H14ClFO3.C2H6/c1-3-21-14-9-11(16(19)20-2)8-13(17)15(14)10-5-4-6-12(18)7-10;1-2/h4-9H,3H2,1-2H3;1-2H3. The van der Waals surface area contributed by atoms with Crippen LogP contribution in [0.4, 0.5) is 4.39 Å². The van der Waals surface area contributed by atoms with Crippen LogP contribution >= 0.6 is 11.6 Å². The zero-order valence-corrected chi connectivity index (χ0v) is 14.4. The summed E-state index contributed by atoms with van der Waals surface area (Å²) in [5, 5.41) is 0.298. The van der Waals surface area contributed by atoms with E-state index >= 15 is 0 Å². The number of benzene rings is 2. The van der Waals surface area contributed by atoms with Crippen molar-refractivity contribution in [3.05, 3.63) is 52.8 Å². The number of carbonyl (C=O) groups is 1. The lowest BCUT2D eigenvalue weighted by Crippen LogP contribution is -2.03. The van der Waals surface area contributed by atoms with Crippen LogP contribution in [0.2, 0.25) is 5.02 Å². The van der Waals surface area contributed by atoms with Gasteiger partial charge in [-0.2, -0.15) is 0 Å². The van der Waals surface area contributed by atoms with Crippen molar-refractivity contribution in [2.24, 2.45) is 0 Å². The van der Waals surface area contributed by atoms with Crippen LogP contribution in [0.25, 0.3) is 11.1 Å². The SMILES string of the molecule is CC.CCOc1cc(C(=O)OC)cc(Cl)c1-c1cccc(F)c1. The van der Waals surface area contributed by atoms with Crippen molar-refractivity contribution in [2.75, 3.05) is 13.7 Å². The second kappa shape index (κ2) is 9.16. The van der Waals surface area contributed by atoms with E-state index in [1.54, 1.807) is 18.2 Å².